The smallest absolute Gasteiger partial charge is 0.122 e. The maximum Gasteiger partial charge on any atom is 0.122 e. The summed E-state index contributed by atoms with van der Waals surface area (Å²) in [5.41, 5.74) is 6.03. The van der Waals surface area contributed by atoms with Crippen molar-refractivity contribution in [2.75, 3.05) is 6.61 Å². The lowest BCUT2D eigenvalue weighted by molar-refractivity contribution is 0.0952. The summed E-state index contributed by atoms with van der Waals surface area (Å²) in [6, 6.07) is 7.01. The second-order valence-electron chi connectivity index (χ2n) is 4.58. The summed E-state index contributed by atoms with van der Waals surface area (Å²) in [6.45, 7) is 0.329. The molecule has 1 fully saturated rings. The number of amidine groups is 1. The van der Waals surface area contributed by atoms with E-state index in [0.29, 0.717) is 23.8 Å². The zero-order chi connectivity index (χ0) is 12.3. The molecule has 0 radical (unpaired) electrons. The minimum absolute atomic E-state index is 0.0466. The highest BCUT2D eigenvalue weighted by Crippen LogP contribution is 2.33. The van der Waals surface area contributed by atoms with Gasteiger partial charge in [0.2, 0.25) is 0 Å². The van der Waals surface area contributed by atoms with Crippen molar-refractivity contribution >= 4 is 5.84 Å². The zero-order valence-electron chi connectivity index (χ0n) is 9.73. The van der Waals surface area contributed by atoms with Crippen molar-refractivity contribution in [3.05, 3.63) is 29.8 Å². The highest BCUT2D eigenvalue weighted by Gasteiger charge is 2.24. The van der Waals surface area contributed by atoms with Gasteiger partial charge in [-0.1, -0.05) is 12.8 Å². The largest absolute Gasteiger partial charge is 0.491 e. The van der Waals surface area contributed by atoms with Crippen LogP contribution in [0, 0.1) is 11.3 Å². The number of aliphatic hydroxyl groups excluding tert-OH is 1. The van der Waals surface area contributed by atoms with E-state index in [4.69, 9.17) is 15.9 Å². The van der Waals surface area contributed by atoms with Crippen LogP contribution < -0.4 is 10.5 Å². The monoisotopic (exact) mass is 234 g/mol. The van der Waals surface area contributed by atoms with Gasteiger partial charge in [-0.05, 0) is 36.6 Å². The Bertz CT molecular complexity index is 385. The van der Waals surface area contributed by atoms with Crippen molar-refractivity contribution in [3.8, 4) is 5.75 Å². The average molecular weight is 234 g/mol. The molecule has 1 aromatic carbocycles. The Labute approximate surface area is 101 Å². The van der Waals surface area contributed by atoms with Gasteiger partial charge in [-0.3, -0.25) is 5.41 Å². The molecule has 1 saturated carbocycles. The minimum atomic E-state index is -0.380. The van der Waals surface area contributed by atoms with E-state index >= 15 is 0 Å². The van der Waals surface area contributed by atoms with Crippen molar-refractivity contribution in [1.82, 2.24) is 0 Å². The SMILES string of the molecule is N=C(N)c1ccc(OCC(O)CC2CC2)cc1. The van der Waals surface area contributed by atoms with Gasteiger partial charge in [0.1, 0.15) is 18.2 Å². The molecule has 0 amide bonds. The first kappa shape index (κ1) is 11.9. The topological polar surface area (TPSA) is 79.3 Å². The summed E-state index contributed by atoms with van der Waals surface area (Å²) < 4.78 is 5.47. The Kier molecular flexibility index (Phi) is 3.64. The van der Waals surface area contributed by atoms with E-state index in [2.05, 4.69) is 0 Å². The fraction of sp³-hybridized carbons (Fsp3) is 0.462. The second kappa shape index (κ2) is 5.19. The number of nitrogens with two attached hydrogens (primary N) is 1. The number of benzene rings is 1. The molecule has 0 bridgehead atoms. The quantitative estimate of drug-likeness (QED) is 0.515. The molecule has 4 nitrogen and oxygen atoms in total. The van der Waals surface area contributed by atoms with E-state index in [0.717, 1.165) is 6.42 Å². The maximum absolute atomic E-state index is 9.68. The standard InChI is InChI=1S/C13H18N2O2/c14-13(15)10-3-5-12(6-4-10)17-8-11(16)7-9-1-2-9/h3-6,9,11,16H,1-2,7-8H2,(H3,14,15). The van der Waals surface area contributed by atoms with E-state index < -0.39 is 0 Å². The van der Waals surface area contributed by atoms with Gasteiger partial charge in [-0.25, -0.2) is 0 Å². The van der Waals surface area contributed by atoms with Crippen LogP contribution in [0.3, 0.4) is 0 Å². The third kappa shape index (κ3) is 3.75. The average Bonchev–Trinajstić information content (AvgIpc) is 3.11. The van der Waals surface area contributed by atoms with Gasteiger partial charge in [0.15, 0.2) is 0 Å². The molecule has 1 unspecified atom stereocenters. The maximum atomic E-state index is 9.68. The third-order valence-electron chi connectivity index (χ3n) is 2.91. The highest BCUT2D eigenvalue weighted by atomic mass is 16.5. The molecule has 1 aliphatic carbocycles. The first-order valence-corrected chi connectivity index (χ1v) is 5.90. The predicted octanol–water partition coefficient (Wildman–Crippen LogP) is 1.51. The summed E-state index contributed by atoms with van der Waals surface area (Å²) in [7, 11) is 0. The molecule has 1 aliphatic rings. The Hall–Kier alpha value is -1.55. The molecule has 1 atom stereocenters. The van der Waals surface area contributed by atoms with Crippen molar-refractivity contribution < 1.29 is 9.84 Å². The van der Waals surface area contributed by atoms with Crippen LogP contribution in [0.1, 0.15) is 24.8 Å². The number of ether oxygens (including phenoxy) is 1. The number of hydrogen-bond acceptors (Lipinski definition) is 3. The molecule has 4 heteroatoms. The molecule has 0 saturated heterocycles. The van der Waals surface area contributed by atoms with Gasteiger partial charge < -0.3 is 15.6 Å². The van der Waals surface area contributed by atoms with Crippen LogP contribution in [0.15, 0.2) is 24.3 Å². The van der Waals surface area contributed by atoms with Crippen molar-refractivity contribution in [3.63, 3.8) is 0 Å². The molecule has 0 spiro atoms. The summed E-state index contributed by atoms with van der Waals surface area (Å²) in [6.07, 6.45) is 2.94. The van der Waals surface area contributed by atoms with Crippen LogP contribution >= 0.6 is 0 Å². The van der Waals surface area contributed by atoms with E-state index in [9.17, 15) is 5.11 Å². The Morgan fingerprint density at radius 1 is 1.41 bits per heavy atom. The number of nitrogens with one attached hydrogen (secondary N) is 1. The number of hydrogen-bond donors (Lipinski definition) is 3. The fourth-order valence-electron chi connectivity index (χ4n) is 1.73. The second-order valence-corrected chi connectivity index (χ2v) is 4.58. The Morgan fingerprint density at radius 3 is 2.59 bits per heavy atom. The summed E-state index contributed by atoms with van der Waals surface area (Å²) in [4.78, 5) is 0. The normalized spacial score (nSPS) is 16.5. The van der Waals surface area contributed by atoms with Crippen molar-refractivity contribution in [2.45, 2.75) is 25.4 Å². The fourth-order valence-corrected chi connectivity index (χ4v) is 1.73. The first-order chi connectivity index (χ1) is 8.15. The van der Waals surface area contributed by atoms with Gasteiger partial charge in [0.25, 0.3) is 0 Å². The Balaban J connectivity index is 1.79. The van der Waals surface area contributed by atoms with Crippen LogP contribution in [-0.2, 0) is 0 Å². The molecule has 4 N–H and O–H groups in total. The molecule has 2 rings (SSSR count). The molecule has 92 valence electrons. The lowest BCUT2D eigenvalue weighted by atomic mass is 10.2. The molecule has 17 heavy (non-hydrogen) atoms. The molecule has 0 aliphatic heterocycles. The Morgan fingerprint density at radius 2 is 2.06 bits per heavy atom. The summed E-state index contributed by atoms with van der Waals surface area (Å²) in [5, 5.41) is 16.9. The van der Waals surface area contributed by atoms with Crippen LogP contribution in [0.2, 0.25) is 0 Å². The van der Waals surface area contributed by atoms with E-state index in [1.165, 1.54) is 12.8 Å². The summed E-state index contributed by atoms with van der Waals surface area (Å²) in [5.74, 6) is 1.45. The lowest BCUT2D eigenvalue weighted by Gasteiger charge is -2.12. The summed E-state index contributed by atoms with van der Waals surface area (Å²) >= 11 is 0. The van der Waals surface area contributed by atoms with Crippen LogP contribution in [0.25, 0.3) is 0 Å². The van der Waals surface area contributed by atoms with Gasteiger partial charge in [-0.2, -0.15) is 0 Å². The van der Waals surface area contributed by atoms with E-state index in [1.54, 1.807) is 24.3 Å². The third-order valence-corrected chi connectivity index (χ3v) is 2.91. The first-order valence-electron chi connectivity index (χ1n) is 5.90. The minimum Gasteiger partial charge on any atom is -0.491 e. The lowest BCUT2D eigenvalue weighted by Crippen LogP contribution is -2.18. The van der Waals surface area contributed by atoms with Crippen molar-refractivity contribution in [1.29, 1.82) is 5.41 Å². The molecular weight excluding hydrogens is 216 g/mol. The van der Waals surface area contributed by atoms with E-state index in [-0.39, 0.29) is 11.9 Å². The molecule has 0 aromatic heterocycles. The van der Waals surface area contributed by atoms with Gasteiger partial charge in [0.05, 0.1) is 6.10 Å². The van der Waals surface area contributed by atoms with Gasteiger partial charge in [-0.15, -0.1) is 0 Å². The number of rotatable bonds is 6. The molecule has 0 heterocycles. The van der Waals surface area contributed by atoms with Crippen LogP contribution in [0.4, 0.5) is 0 Å². The van der Waals surface area contributed by atoms with Gasteiger partial charge in [0, 0.05) is 5.56 Å². The highest BCUT2D eigenvalue weighted by molar-refractivity contribution is 5.94. The zero-order valence-corrected chi connectivity index (χ0v) is 9.73. The van der Waals surface area contributed by atoms with Crippen molar-refractivity contribution in [2.24, 2.45) is 11.7 Å². The van der Waals surface area contributed by atoms with Gasteiger partial charge >= 0.3 is 0 Å². The van der Waals surface area contributed by atoms with Crippen LogP contribution in [-0.4, -0.2) is 23.7 Å². The van der Waals surface area contributed by atoms with Crippen LogP contribution in [0.5, 0.6) is 5.75 Å². The predicted molar refractivity (Wildman–Crippen MR) is 66.3 cm³/mol. The molecule has 1 aromatic rings. The molecular formula is C13H18N2O2. The number of nitrogen functional groups attached to an aromatic ring is 1. The number of aliphatic hydroxyl groups is 1. The van der Waals surface area contributed by atoms with E-state index in [1.807, 2.05) is 0 Å².